The summed E-state index contributed by atoms with van der Waals surface area (Å²) >= 11 is 0. The lowest BCUT2D eigenvalue weighted by atomic mass is 10.0. The number of nitrogens with two attached hydrogens (primary N) is 2. The van der Waals surface area contributed by atoms with E-state index in [0.29, 0.717) is 6.04 Å². The van der Waals surface area contributed by atoms with Gasteiger partial charge in [-0.25, -0.2) is 0 Å². The van der Waals surface area contributed by atoms with Gasteiger partial charge in [-0.2, -0.15) is 0 Å². The van der Waals surface area contributed by atoms with Gasteiger partial charge in [-0.3, -0.25) is 4.90 Å². The minimum absolute atomic E-state index is 0.242. The van der Waals surface area contributed by atoms with Crippen molar-refractivity contribution in [3.63, 3.8) is 0 Å². The number of hydrogen-bond acceptors (Lipinski definition) is 3. The van der Waals surface area contributed by atoms with Crippen LogP contribution in [0.5, 0.6) is 0 Å². The SMILES string of the molecule is CCN1CCC(N)C1c1cccc(N)c1. The average molecular weight is 205 g/mol. The summed E-state index contributed by atoms with van der Waals surface area (Å²) in [5.41, 5.74) is 14.0. The van der Waals surface area contributed by atoms with Gasteiger partial charge < -0.3 is 11.5 Å². The fourth-order valence-electron chi connectivity index (χ4n) is 2.44. The summed E-state index contributed by atoms with van der Waals surface area (Å²) in [5.74, 6) is 0. The zero-order valence-electron chi connectivity index (χ0n) is 9.19. The van der Waals surface area contributed by atoms with Crippen molar-refractivity contribution in [1.82, 2.24) is 4.90 Å². The van der Waals surface area contributed by atoms with Crippen LogP contribution in [0.2, 0.25) is 0 Å². The number of hydrogen-bond donors (Lipinski definition) is 2. The minimum Gasteiger partial charge on any atom is -0.399 e. The molecule has 0 amide bonds. The van der Waals surface area contributed by atoms with Crippen LogP contribution in [0.15, 0.2) is 24.3 Å². The Labute approximate surface area is 91.1 Å². The molecule has 0 aromatic heterocycles. The quantitative estimate of drug-likeness (QED) is 0.717. The molecule has 0 saturated carbocycles. The van der Waals surface area contributed by atoms with Crippen molar-refractivity contribution < 1.29 is 0 Å². The highest BCUT2D eigenvalue weighted by molar-refractivity contribution is 5.42. The summed E-state index contributed by atoms with van der Waals surface area (Å²) in [6.07, 6.45) is 1.08. The molecule has 1 aromatic carbocycles. The maximum atomic E-state index is 6.14. The molecule has 4 N–H and O–H groups in total. The topological polar surface area (TPSA) is 55.3 Å². The third-order valence-electron chi connectivity index (χ3n) is 3.21. The van der Waals surface area contributed by atoms with Crippen LogP contribution in [-0.2, 0) is 0 Å². The van der Waals surface area contributed by atoms with Crippen molar-refractivity contribution in [2.24, 2.45) is 5.73 Å². The fraction of sp³-hybridized carbons (Fsp3) is 0.500. The summed E-state index contributed by atoms with van der Waals surface area (Å²) in [6, 6.07) is 8.67. The molecule has 82 valence electrons. The number of benzene rings is 1. The summed E-state index contributed by atoms with van der Waals surface area (Å²) in [5, 5.41) is 0. The summed E-state index contributed by atoms with van der Waals surface area (Å²) in [7, 11) is 0. The number of anilines is 1. The van der Waals surface area contributed by atoms with E-state index < -0.39 is 0 Å². The first-order valence-electron chi connectivity index (χ1n) is 5.57. The highest BCUT2D eigenvalue weighted by Crippen LogP contribution is 2.31. The molecule has 15 heavy (non-hydrogen) atoms. The van der Waals surface area contributed by atoms with Crippen molar-refractivity contribution in [3.05, 3.63) is 29.8 Å². The molecule has 2 unspecified atom stereocenters. The van der Waals surface area contributed by atoms with Crippen molar-refractivity contribution >= 4 is 5.69 Å². The third kappa shape index (κ3) is 1.98. The molecular formula is C12H19N3. The Kier molecular flexibility index (Phi) is 2.93. The Balaban J connectivity index is 2.28. The Morgan fingerprint density at radius 2 is 2.27 bits per heavy atom. The molecule has 0 aliphatic carbocycles. The van der Waals surface area contributed by atoms with E-state index in [2.05, 4.69) is 17.9 Å². The summed E-state index contributed by atoms with van der Waals surface area (Å²) in [4.78, 5) is 2.42. The summed E-state index contributed by atoms with van der Waals surface area (Å²) < 4.78 is 0. The molecule has 0 spiro atoms. The van der Waals surface area contributed by atoms with Crippen molar-refractivity contribution in [2.45, 2.75) is 25.4 Å². The molecule has 1 saturated heterocycles. The van der Waals surface area contributed by atoms with Gasteiger partial charge in [-0.15, -0.1) is 0 Å². The monoisotopic (exact) mass is 205 g/mol. The van der Waals surface area contributed by atoms with Crippen LogP contribution in [0, 0.1) is 0 Å². The minimum atomic E-state index is 0.242. The summed E-state index contributed by atoms with van der Waals surface area (Å²) in [6.45, 7) is 4.32. The van der Waals surface area contributed by atoms with E-state index in [0.717, 1.165) is 25.2 Å². The molecule has 3 nitrogen and oxygen atoms in total. The second kappa shape index (κ2) is 4.21. The normalized spacial score (nSPS) is 27.1. The second-order valence-electron chi connectivity index (χ2n) is 4.20. The molecule has 2 atom stereocenters. The maximum Gasteiger partial charge on any atom is 0.0500 e. The Bertz CT molecular complexity index is 337. The molecule has 1 aliphatic rings. The fourth-order valence-corrected chi connectivity index (χ4v) is 2.44. The van der Waals surface area contributed by atoms with E-state index in [9.17, 15) is 0 Å². The molecule has 2 rings (SSSR count). The molecule has 0 bridgehead atoms. The van der Waals surface area contributed by atoms with E-state index >= 15 is 0 Å². The number of nitrogen functional groups attached to an aromatic ring is 1. The van der Waals surface area contributed by atoms with E-state index in [-0.39, 0.29) is 6.04 Å². The van der Waals surface area contributed by atoms with Crippen LogP contribution in [0.3, 0.4) is 0 Å². The number of likely N-dealkylation sites (N-methyl/N-ethyl adjacent to an activating group) is 1. The molecule has 1 heterocycles. The zero-order valence-corrected chi connectivity index (χ0v) is 9.19. The molecule has 1 aromatic rings. The first-order chi connectivity index (χ1) is 7.22. The van der Waals surface area contributed by atoms with Crippen LogP contribution in [-0.4, -0.2) is 24.0 Å². The van der Waals surface area contributed by atoms with E-state index in [1.807, 2.05) is 18.2 Å². The standard InChI is InChI=1S/C12H19N3/c1-2-15-7-6-11(14)12(15)9-4-3-5-10(13)8-9/h3-5,8,11-12H,2,6-7,13-14H2,1H3. The van der Waals surface area contributed by atoms with Gasteiger partial charge in [-0.1, -0.05) is 19.1 Å². The highest BCUT2D eigenvalue weighted by Gasteiger charge is 2.31. The Morgan fingerprint density at radius 1 is 1.47 bits per heavy atom. The lowest BCUT2D eigenvalue weighted by Crippen LogP contribution is -2.31. The van der Waals surface area contributed by atoms with E-state index in [1.165, 1.54) is 5.56 Å². The molecular weight excluding hydrogens is 186 g/mol. The number of nitrogens with zero attached hydrogens (tertiary/aromatic N) is 1. The molecule has 1 aliphatic heterocycles. The van der Waals surface area contributed by atoms with Crippen LogP contribution >= 0.6 is 0 Å². The van der Waals surface area contributed by atoms with Gasteiger partial charge >= 0.3 is 0 Å². The van der Waals surface area contributed by atoms with Crippen LogP contribution in [0.1, 0.15) is 24.9 Å². The van der Waals surface area contributed by atoms with E-state index in [4.69, 9.17) is 11.5 Å². The van der Waals surface area contributed by atoms with Gasteiger partial charge in [0.15, 0.2) is 0 Å². The molecule has 0 radical (unpaired) electrons. The molecule has 1 fully saturated rings. The van der Waals surface area contributed by atoms with Crippen molar-refractivity contribution in [2.75, 3.05) is 18.8 Å². The van der Waals surface area contributed by atoms with Gasteiger partial charge in [0.2, 0.25) is 0 Å². The zero-order chi connectivity index (χ0) is 10.8. The predicted octanol–water partition coefficient (Wildman–Crippen LogP) is 1.36. The highest BCUT2D eigenvalue weighted by atomic mass is 15.2. The average Bonchev–Trinajstić information content (AvgIpc) is 2.59. The van der Waals surface area contributed by atoms with Crippen LogP contribution < -0.4 is 11.5 Å². The van der Waals surface area contributed by atoms with Gasteiger partial charge in [0.25, 0.3) is 0 Å². The predicted molar refractivity (Wildman–Crippen MR) is 63.4 cm³/mol. The maximum absolute atomic E-state index is 6.14. The smallest absolute Gasteiger partial charge is 0.0500 e. The Morgan fingerprint density at radius 3 is 2.93 bits per heavy atom. The second-order valence-corrected chi connectivity index (χ2v) is 4.20. The van der Waals surface area contributed by atoms with Gasteiger partial charge in [0, 0.05) is 24.3 Å². The largest absolute Gasteiger partial charge is 0.399 e. The first kappa shape index (κ1) is 10.5. The van der Waals surface area contributed by atoms with Crippen molar-refractivity contribution in [1.29, 1.82) is 0 Å². The number of likely N-dealkylation sites (tertiary alicyclic amines) is 1. The first-order valence-corrected chi connectivity index (χ1v) is 5.57. The third-order valence-corrected chi connectivity index (χ3v) is 3.21. The Hall–Kier alpha value is -1.06. The molecule has 3 heteroatoms. The van der Waals surface area contributed by atoms with Crippen LogP contribution in [0.25, 0.3) is 0 Å². The van der Waals surface area contributed by atoms with Crippen LogP contribution in [0.4, 0.5) is 5.69 Å². The van der Waals surface area contributed by atoms with E-state index in [1.54, 1.807) is 0 Å². The number of rotatable bonds is 2. The lowest BCUT2D eigenvalue weighted by molar-refractivity contribution is 0.261. The van der Waals surface area contributed by atoms with Gasteiger partial charge in [0.1, 0.15) is 0 Å². The lowest BCUT2D eigenvalue weighted by Gasteiger charge is -2.26. The van der Waals surface area contributed by atoms with Crippen molar-refractivity contribution in [3.8, 4) is 0 Å². The van der Waals surface area contributed by atoms with Gasteiger partial charge in [-0.05, 0) is 30.7 Å². The van der Waals surface area contributed by atoms with Gasteiger partial charge in [0.05, 0.1) is 0 Å².